The third kappa shape index (κ3) is 2.26. The van der Waals surface area contributed by atoms with Crippen LogP contribution in [0.5, 0.6) is 0 Å². The lowest BCUT2D eigenvalue weighted by Gasteiger charge is -2.10. The highest BCUT2D eigenvalue weighted by Crippen LogP contribution is 2.17. The average molecular weight is 262 g/mol. The van der Waals surface area contributed by atoms with E-state index in [1.807, 2.05) is 67.7 Å². The third-order valence-electron chi connectivity index (χ3n) is 3.19. The molecule has 0 saturated heterocycles. The van der Waals surface area contributed by atoms with Gasteiger partial charge in [-0.15, -0.1) is 0 Å². The van der Waals surface area contributed by atoms with E-state index in [2.05, 4.69) is 4.98 Å². The Kier molecular flexibility index (Phi) is 3.17. The Labute approximate surface area is 117 Å². The van der Waals surface area contributed by atoms with Crippen LogP contribution in [0.1, 0.15) is 5.56 Å². The molecule has 3 heteroatoms. The summed E-state index contributed by atoms with van der Waals surface area (Å²) >= 11 is 0. The van der Waals surface area contributed by atoms with Crippen molar-refractivity contribution in [3.8, 4) is 16.9 Å². The van der Waals surface area contributed by atoms with Gasteiger partial charge in [-0.1, -0.05) is 24.3 Å². The van der Waals surface area contributed by atoms with Crippen molar-refractivity contribution in [1.82, 2.24) is 9.55 Å². The molecule has 0 aliphatic heterocycles. The van der Waals surface area contributed by atoms with Gasteiger partial charge in [-0.3, -0.25) is 14.3 Å². The summed E-state index contributed by atoms with van der Waals surface area (Å²) in [7, 11) is 0. The summed E-state index contributed by atoms with van der Waals surface area (Å²) in [4.78, 5) is 16.6. The van der Waals surface area contributed by atoms with Crippen LogP contribution in [0, 0.1) is 6.92 Å². The minimum atomic E-state index is -0.00381. The minimum Gasteiger partial charge on any atom is -0.283 e. The zero-order valence-corrected chi connectivity index (χ0v) is 11.2. The third-order valence-corrected chi connectivity index (χ3v) is 3.19. The molecular formula is C17H14N2O. The first-order chi connectivity index (χ1) is 9.75. The van der Waals surface area contributed by atoms with Crippen LogP contribution in [0.15, 0.2) is 71.8 Å². The van der Waals surface area contributed by atoms with Crippen molar-refractivity contribution in [2.45, 2.75) is 6.92 Å². The van der Waals surface area contributed by atoms with Crippen molar-refractivity contribution in [3.63, 3.8) is 0 Å². The minimum absolute atomic E-state index is 0.00381. The molecular weight excluding hydrogens is 248 g/mol. The normalized spacial score (nSPS) is 10.4. The number of aromatic nitrogens is 2. The van der Waals surface area contributed by atoms with Gasteiger partial charge in [0.05, 0.1) is 5.69 Å². The maximum absolute atomic E-state index is 12.3. The van der Waals surface area contributed by atoms with E-state index in [1.165, 1.54) is 0 Å². The van der Waals surface area contributed by atoms with Gasteiger partial charge in [0.25, 0.3) is 5.56 Å². The molecule has 0 amide bonds. The number of aryl methyl sites for hydroxylation is 1. The zero-order chi connectivity index (χ0) is 13.9. The van der Waals surface area contributed by atoms with Crippen LogP contribution >= 0.6 is 0 Å². The van der Waals surface area contributed by atoms with E-state index >= 15 is 0 Å². The van der Waals surface area contributed by atoms with Crippen LogP contribution in [0.3, 0.4) is 0 Å². The second-order valence-corrected chi connectivity index (χ2v) is 4.64. The first-order valence-electron chi connectivity index (χ1n) is 6.46. The van der Waals surface area contributed by atoms with E-state index in [9.17, 15) is 4.79 Å². The van der Waals surface area contributed by atoms with Gasteiger partial charge >= 0.3 is 0 Å². The summed E-state index contributed by atoms with van der Waals surface area (Å²) in [6.07, 6.45) is 3.59. The van der Waals surface area contributed by atoms with Gasteiger partial charge in [-0.2, -0.15) is 0 Å². The number of hydrogen-bond donors (Lipinski definition) is 0. The van der Waals surface area contributed by atoms with Crippen molar-refractivity contribution in [3.05, 3.63) is 82.9 Å². The summed E-state index contributed by atoms with van der Waals surface area (Å²) in [5.41, 5.74) is 3.36. The average Bonchev–Trinajstić information content (AvgIpc) is 2.51. The Morgan fingerprint density at radius 1 is 1.00 bits per heavy atom. The summed E-state index contributed by atoms with van der Waals surface area (Å²) in [6, 6.07) is 17.3. The van der Waals surface area contributed by atoms with E-state index in [-0.39, 0.29) is 5.56 Å². The summed E-state index contributed by atoms with van der Waals surface area (Å²) < 4.78 is 1.67. The molecule has 3 rings (SSSR count). The van der Waals surface area contributed by atoms with Crippen molar-refractivity contribution in [2.75, 3.05) is 0 Å². The fraction of sp³-hybridized carbons (Fsp3) is 0.0588. The first-order valence-corrected chi connectivity index (χ1v) is 6.46. The van der Waals surface area contributed by atoms with E-state index in [4.69, 9.17) is 0 Å². The van der Waals surface area contributed by atoms with Crippen molar-refractivity contribution >= 4 is 0 Å². The van der Waals surface area contributed by atoms with Gasteiger partial charge in [-0.05, 0) is 37.3 Å². The van der Waals surface area contributed by atoms with E-state index < -0.39 is 0 Å². The lowest BCUT2D eigenvalue weighted by atomic mass is 10.1. The van der Waals surface area contributed by atoms with Gasteiger partial charge < -0.3 is 0 Å². The maximum Gasteiger partial charge on any atom is 0.258 e. The maximum atomic E-state index is 12.3. The van der Waals surface area contributed by atoms with Crippen LogP contribution in [0.25, 0.3) is 16.9 Å². The smallest absolute Gasteiger partial charge is 0.258 e. The lowest BCUT2D eigenvalue weighted by molar-refractivity contribution is 0.971. The topological polar surface area (TPSA) is 34.9 Å². The molecule has 0 bridgehead atoms. The molecule has 3 aromatic rings. The molecule has 0 atom stereocenters. The SMILES string of the molecule is Cc1cc(-c2ccccn2)cn(-c2ccccc2)c1=O. The molecule has 0 radical (unpaired) electrons. The van der Waals surface area contributed by atoms with Crippen LogP contribution in [-0.2, 0) is 0 Å². The molecule has 0 N–H and O–H groups in total. The second-order valence-electron chi connectivity index (χ2n) is 4.64. The molecule has 0 spiro atoms. The molecule has 0 aliphatic rings. The van der Waals surface area contributed by atoms with Crippen LogP contribution in [0.4, 0.5) is 0 Å². The Morgan fingerprint density at radius 3 is 2.45 bits per heavy atom. The molecule has 2 heterocycles. The van der Waals surface area contributed by atoms with E-state index in [0.717, 1.165) is 16.9 Å². The van der Waals surface area contributed by atoms with Gasteiger partial charge in [0.1, 0.15) is 0 Å². The molecule has 0 fully saturated rings. The molecule has 0 saturated carbocycles. The Morgan fingerprint density at radius 2 is 1.75 bits per heavy atom. The highest BCUT2D eigenvalue weighted by atomic mass is 16.1. The van der Waals surface area contributed by atoms with Crippen LogP contribution in [0.2, 0.25) is 0 Å². The number of para-hydroxylation sites is 1. The largest absolute Gasteiger partial charge is 0.283 e. The highest BCUT2D eigenvalue weighted by molar-refractivity contribution is 5.59. The number of nitrogens with zero attached hydrogens (tertiary/aromatic N) is 2. The Bertz CT molecular complexity index is 777. The van der Waals surface area contributed by atoms with E-state index in [1.54, 1.807) is 10.8 Å². The summed E-state index contributed by atoms with van der Waals surface area (Å²) in [5, 5.41) is 0. The van der Waals surface area contributed by atoms with Gasteiger partial charge in [-0.25, -0.2) is 0 Å². The Hall–Kier alpha value is -2.68. The highest BCUT2D eigenvalue weighted by Gasteiger charge is 2.07. The Balaban J connectivity index is 2.22. The van der Waals surface area contributed by atoms with Gasteiger partial charge in [0.2, 0.25) is 0 Å². The number of rotatable bonds is 2. The predicted molar refractivity (Wildman–Crippen MR) is 80.0 cm³/mol. The summed E-state index contributed by atoms with van der Waals surface area (Å²) in [5.74, 6) is 0. The monoisotopic (exact) mass is 262 g/mol. The molecule has 0 aliphatic carbocycles. The van der Waals surface area contributed by atoms with Crippen molar-refractivity contribution in [1.29, 1.82) is 0 Å². The first kappa shape index (κ1) is 12.4. The quantitative estimate of drug-likeness (QED) is 0.710. The lowest BCUT2D eigenvalue weighted by Crippen LogP contribution is -2.20. The van der Waals surface area contributed by atoms with Crippen molar-refractivity contribution in [2.24, 2.45) is 0 Å². The number of pyridine rings is 2. The van der Waals surface area contributed by atoms with Crippen LogP contribution in [-0.4, -0.2) is 9.55 Å². The molecule has 3 nitrogen and oxygen atoms in total. The van der Waals surface area contributed by atoms with Crippen LogP contribution < -0.4 is 5.56 Å². The van der Waals surface area contributed by atoms with E-state index in [0.29, 0.717) is 5.56 Å². The molecule has 0 unspecified atom stereocenters. The molecule has 98 valence electrons. The van der Waals surface area contributed by atoms with Crippen molar-refractivity contribution < 1.29 is 0 Å². The fourth-order valence-corrected chi connectivity index (χ4v) is 2.17. The standard InChI is InChI=1S/C17H14N2O/c1-13-11-14(16-9-5-6-10-18-16)12-19(17(13)20)15-7-3-2-4-8-15/h2-12H,1H3. The predicted octanol–water partition coefficient (Wildman–Crippen LogP) is 3.21. The molecule has 1 aromatic carbocycles. The molecule has 20 heavy (non-hydrogen) atoms. The van der Waals surface area contributed by atoms with Gasteiger partial charge in [0.15, 0.2) is 0 Å². The fourth-order valence-electron chi connectivity index (χ4n) is 2.17. The zero-order valence-electron chi connectivity index (χ0n) is 11.2. The molecule has 2 aromatic heterocycles. The number of hydrogen-bond acceptors (Lipinski definition) is 2. The summed E-state index contributed by atoms with van der Waals surface area (Å²) in [6.45, 7) is 1.83. The number of benzene rings is 1. The van der Waals surface area contributed by atoms with Gasteiger partial charge in [0, 0.05) is 29.2 Å². The second kappa shape index (κ2) is 5.13.